The third kappa shape index (κ3) is 5.80. The lowest BCUT2D eigenvalue weighted by Crippen LogP contribution is -2.60. The molecular formula is C16H34N2O. The summed E-state index contributed by atoms with van der Waals surface area (Å²) in [6.45, 7) is 13.8. The highest BCUT2D eigenvalue weighted by molar-refractivity contribution is 4.92. The lowest BCUT2D eigenvalue weighted by molar-refractivity contribution is 0.0507. The van der Waals surface area contributed by atoms with Gasteiger partial charge in [-0.15, -0.1) is 0 Å². The summed E-state index contributed by atoms with van der Waals surface area (Å²) in [5.74, 6) is 0. The molecule has 1 heterocycles. The number of methoxy groups -OCH3 is 1. The number of unbranched alkanes of at least 4 members (excludes halogenated alkanes) is 1. The predicted octanol–water partition coefficient (Wildman–Crippen LogP) is 2.90. The van der Waals surface area contributed by atoms with Gasteiger partial charge in [0, 0.05) is 38.9 Å². The topological polar surface area (TPSA) is 24.5 Å². The van der Waals surface area contributed by atoms with Gasteiger partial charge in [0.1, 0.15) is 0 Å². The van der Waals surface area contributed by atoms with Gasteiger partial charge < -0.3 is 10.1 Å². The summed E-state index contributed by atoms with van der Waals surface area (Å²) in [6, 6.07) is 1.34. The van der Waals surface area contributed by atoms with Crippen molar-refractivity contribution in [1.29, 1.82) is 0 Å². The van der Waals surface area contributed by atoms with Crippen molar-refractivity contribution >= 4 is 0 Å². The second kappa shape index (κ2) is 8.23. The van der Waals surface area contributed by atoms with Crippen molar-refractivity contribution in [3.8, 4) is 0 Å². The molecule has 0 aromatic carbocycles. The van der Waals surface area contributed by atoms with Crippen LogP contribution in [0.1, 0.15) is 53.4 Å². The molecule has 2 atom stereocenters. The Kier molecular flexibility index (Phi) is 7.33. The van der Waals surface area contributed by atoms with Crippen molar-refractivity contribution in [2.24, 2.45) is 5.41 Å². The van der Waals surface area contributed by atoms with Gasteiger partial charge in [-0.25, -0.2) is 0 Å². The van der Waals surface area contributed by atoms with E-state index in [-0.39, 0.29) is 0 Å². The molecule has 19 heavy (non-hydrogen) atoms. The molecule has 0 aromatic heterocycles. The summed E-state index contributed by atoms with van der Waals surface area (Å²) in [4.78, 5) is 2.71. The Morgan fingerprint density at radius 1 is 1.26 bits per heavy atom. The molecule has 0 aliphatic carbocycles. The molecule has 0 saturated carbocycles. The number of hydrogen-bond acceptors (Lipinski definition) is 3. The third-order valence-electron chi connectivity index (χ3n) is 4.18. The summed E-state index contributed by atoms with van der Waals surface area (Å²) in [6.07, 6.45) is 5.00. The minimum atomic E-state index is 0.353. The number of nitrogens with one attached hydrogen (secondary N) is 1. The van der Waals surface area contributed by atoms with Gasteiger partial charge in [0.2, 0.25) is 0 Å². The second-order valence-corrected chi connectivity index (χ2v) is 6.97. The molecule has 1 rings (SSSR count). The largest absolute Gasteiger partial charge is 0.385 e. The van der Waals surface area contributed by atoms with Crippen LogP contribution in [0.2, 0.25) is 0 Å². The van der Waals surface area contributed by atoms with Gasteiger partial charge in [-0.1, -0.05) is 34.1 Å². The van der Waals surface area contributed by atoms with E-state index in [1.807, 2.05) is 0 Å². The minimum absolute atomic E-state index is 0.353. The number of rotatable bonds is 7. The number of ether oxygens (including phenoxy) is 1. The molecule has 2 unspecified atom stereocenters. The first kappa shape index (κ1) is 16.9. The molecule has 3 heteroatoms. The van der Waals surface area contributed by atoms with Crippen molar-refractivity contribution < 1.29 is 4.74 Å². The third-order valence-corrected chi connectivity index (χ3v) is 4.18. The standard InChI is InChI=1S/C16H34N2O/c1-6-9-14-13-18(10-7-8-11-19-5)15(12-17-14)16(2,3)4/h14-15,17H,6-13H2,1-5H3. The molecule has 3 nitrogen and oxygen atoms in total. The number of hydrogen-bond donors (Lipinski definition) is 1. The lowest BCUT2D eigenvalue weighted by atomic mass is 9.83. The fourth-order valence-electron chi connectivity index (χ4n) is 3.09. The monoisotopic (exact) mass is 270 g/mol. The molecule has 1 saturated heterocycles. The Balaban J connectivity index is 2.50. The van der Waals surface area contributed by atoms with E-state index >= 15 is 0 Å². The van der Waals surface area contributed by atoms with E-state index in [1.54, 1.807) is 7.11 Å². The van der Waals surface area contributed by atoms with Crippen LogP contribution in [0, 0.1) is 5.41 Å². The van der Waals surface area contributed by atoms with Crippen LogP contribution in [0.4, 0.5) is 0 Å². The molecule has 0 radical (unpaired) electrons. The second-order valence-electron chi connectivity index (χ2n) is 6.97. The van der Waals surface area contributed by atoms with Gasteiger partial charge in [0.25, 0.3) is 0 Å². The van der Waals surface area contributed by atoms with E-state index in [1.165, 1.54) is 38.8 Å². The normalized spacial score (nSPS) is 25.7. The van der Waals surface area contributed by atoms with Gasteiger partial charge in [-0.05, 0) is 31.2 Å². The lowest BCUT2D eigenvalue weighted by Gasteiger charge is -2.46. The Morgan fingerprint density at radius 2 is 2.00 bits per heavy atom. The Hall–Kier alpha value is -0.120. The summed E-state index contributed by atoms with van der Waals surface area (Å²) in [5, 5.41) is 3.74. The molecular weight excluding hydrogens is 236 g/mol. The first-order valence-corrected chi connectivity index (χ1v) is 7.95. The van der Waals surface area contributed by atoms with Crippen LogP contribution in [0.25, 0.3) is 0 Å². The Labute approximate surface area is 120 Å². The van der Waals surface area contributed by atoms with Gasteiger partial charge in [0.15, 0.2) is 0 Å². The smallest absolute Gasteiger partial charge is 0.0462 e. The maximum absolute atomic E-state index is 5.15. The van der Waals surface area contributed by atoms with Crippen LogP contribution in [-0.4, -0.2) is 50.3 Å². The predicted molar refractivity (Wildman–Crippen MR) is 82.6 cm³/mol. The van der Waals surface area contributed by atoms with Gasteiger partial charge in [-0.2, -0.15) is 0 Å². The number of piperazine rings is 1. The first-order valence-electron chi connectivity index (χ1n) is 7.95. The number of nitrogens with zero attached hydrogens (tertiary/aromatic N) is 1. The van der Waals surface area contributed by atoms with Crippen LogP contribution >= 0.6 is 0 Å². The molecule has 0 bridgehead atoms. The highest BCUT2D eigenvalue weighted by atomic mass is 16.5. The maximum atomic E-state index is 5.15. The van der Waals surface area contributed by atoms with Gasteiger partial charge in [0.05, 0.1) is 0 Å². The summed E-state index contributed by atoms with van der Waals surface area (Å²) in [5.41, 5.74) is 0.353. The molecule has 1 aliphatic rings. The van der Waals surface area contributed by atoms with Gasteiger partial charge >= 0.3 is 0 Å². The van der Waals surface area contributed by atoms with Crippen LogP contribution in [0.15, 0.2) is 0 Å². The molecule has 114 valence electrons. The average molecular weight is 270 g/mol. The summed E-state index contributed by atoms with van der Waals surface area (Å²) >= 11 is 0. The van der Waals surface area contributed by atoms with Crippen molar-refractivity contribution in [1.82, 2.24) is 10.2 Å². The van der Waals surface area contributed by atoms with Crippen molar-refractivity contribution in [2.75, 3.05) is 33.4 Å². The minimum Gasteiger partial charge on any atom is -0.385 e. The van der Waals surface area contributed by atoms with Crippen LogP contribution in [-0.2, 0) is 4.74 Å². The van der Waals surface area contributed by atoms with E-state index in [9.17, 15) is 0 Å². The zero-order valence-electron chi connectivity index (χ0n) is 13.7. The van der Waals surface area contributed by atoms with Crippen LogP contribution < -0.4 is 5.32 Å². The maximum Gasteiger partial charge on any atom is 0.0462 e. The van der Waals surface area contributed by atoms with E-state index in [0.717, 1.165) is 13.2 Å². The highest BCUT2D eigenvalue weighted by Crippen LogP contribution is 2.27. The van der Waals surface area contributed by atoms with Gasteiger partial charge in [-0.3, -0.25) is 4.90 Å². The molecule has 0 aromatic rings. The van der Waals surface area contributed by atoms with Crippen LogP contribution in [0.5, 0.6) is 0 Å². The van der Waals surface area contributed by atoms with Crippen molar-refractivity contribution in [3.05, 3.63) is 0 Å². The molecule has 0 spiro atoms. The zero-order valence-corrected chi connectivity index (χ0v) is 13.7. The van der Waals surface area contributed by atoms with E-state index in [2.05, 4.69) is 37.9 Å². The van der Waals surface area contributed by atoms with Crippen LogP contribution in [0.3, 0.4) is 0 Å². The molecule has 1 aliphatic heterocycles. The molecule has 1 N–H and O–H groups in total. The summed E-state index contributed by atoms with van der Waals surface area (Å²) in [7, 11) is 1.79. The van der Waals surface area contributed by atoms with E-state index in [4.69, 9.17) is 4.74 Å². The Bertz CT molecular complexity index is 237. The fraction of sp³-hybridized carbons (Fsp3) is 1.00. The fourth-order valence-corrected chi connectivity index (χ4v) is 3.09. The van der Waals surface area contributed by atoms with Crippen molar-refractivity contribution in [2.45, 2.75) is 65.5 Å². The van der Waals surface area contributed by atoms with E-state index in [0.29, 0.717) is 17.5 Å². The SMILES string of the molecule is CCCC1CN(CCCCOC)C(C(C)(C)C)CN1. The van der Waals surface area contributed by atoms with E-state index < -0.39 is 0 Å². The molecule has 1 fully saturated rings. The summed E-state index contributed by atoms with van der Waals surface area (Å²) < 4.78 is 5.15. The molecule has 0 amide bonds. The average Bonchev–Trinajstić information content (AvgIpc) is 2.34. The Morgan fingerprint density at radius 3 is 2.58 bits per heavy atom. The quantitative estimate of drug-likeness (QED) is 0.720. The zero-order chi connectivity index (χ0) is 14.3. The first-order chi connectivity index (χ1) is 8.99. The van der Waals surface area contributed by atoms with Crippen molar-refractivity contribution in [3.63, 3.8) is 0 Å². The highest BCUT2D eigenvalue weighted by Gasteiger charge is 2.34.